The molecule has 176 valence electrons. The lowest BCUT2D eigenvalue weighted by Gasteiger charge is -2.15. The summed E-state index contributed by atoms with van der Waals surface area (Å²) in [7, 11) is 1.73. The van der Waals surface area contributed by atoms with Crippen LogP contribution in [0, 0.1) is 6.92 Å². The molecule has 1 aromatic heterocycles. The summed E-state index contributed by atoms with van der Waals surface area (Å²) in [6.07, 6.45) is -4.98. The summed E-state index contributed by atoms with van der Waals surface area (Å²) in [6, 6.07) is 8.04. The number of ether oxygens (including phenoxy) is 1. The molecule has 0 saturated carbocycles. The number of amides is 1. The molecule has 1 amide bonds. The van der Waals surface area contributed by atoms with Crippen molar-refractivity contribution >= 4 is 46.6 Å². The van der Waals surface area contributed by atoms with Gasteiger partial charge in [0.2, 0.25) is 5.91 Å². The molecule has 0 bridgehead atoms. The topological polar surface area (TPSA) is 69.0 Å². The molecule has 2 aromatic carbocycles. The van der Waals surface area contributed by atoms with Gasteiger partial charge in [0.1, 0.15) is 5.75 Å². The highest BCUT2D eigenvalue weighted by molar-refractivity contribution is 7.99. The third-order valence-electron chi connectivity index (χ3n) is 4.57. The van der Waals surface area contributed by atoms with E-state index in [0.717, 1.165) is 35.5 Å². The van der Waals surface area contributed by atoms with Crippen LogP contribution in [0.15, 0.2) is 41.6 Å². The van der Waals surface area contributed by atoms with Gasteiger partial charge in [0.15, 0.2) is 17.1 Å². The Bertz CT molecular complexity index is 1170. The van der Waals surface area contributed by atoms with E-state index < -0.39 is 23.8 Å². The van der Waals surface area contributed by atoms with Crippen LogP contribution in [-0.4, -0.2) is 26.4 Å². The molecule has 1 N–H and O–H groups in total. The fourth-order valence-corrected chi connectivity index (χ4v) is 3.87. The second-order valence-corrected chi connectivity index (χ2v) is 8.86. The molecule has 3 aromatic rings. The van der Waals surface area contributed by atoms with E-state index in [0.29, 0.717) is 21.8 Å². The van der Waals surface area contributed by atoms with Gasteiger partial charge in [-0.05, 0) is 55.8 Å². The lowest BCUT2D eigenvalue weighted by atomic mass is 10.2. The number of hydrogen-bond donors (Lipinski definition) is 1. The molecule has 1 atom stereocenters. The van der Waals surface area contributed by atoms with E-state index in [2.05, 4.69) is 15.5 Å². The lowest BCUT2D eigenvalue weighted by molar-refractivity contribution is -0.137. The van der Waals surface area contributed by atoms with Crippen molar-refractivity contribution in [1.82, 2.24) is 14.8 Å². The maximum absolute atomic E-state index is 12.9. The number of benzene rings is 2. The number of carbonyl (C=O) groups excluding carboxylic acids is 1. The van der Waals surface area contributed by atoms with E-state index >= 15 is 0 Å². The van der Waals surface area contributed by atoms with E-state index in [1.165, 1.54) is 0 Å². The summed E-state index contributed by atoms with van der Waals surface area (Å²) in [5.41, 5.74) is -0.142. The van der Waals surface area contributed by atoms with E-state index in [9.17, 15) is 18.0 Å². The molecule has 0 aliphatic carbocycles. The number of halogens is 5. The first-order valence-electron chi connectivity index (χ1n) is 9.57. The quantitative estimate of drug-likeness (QED) is 0.370. The number of thioether (sulfide) groups is 1. The Morgan fingerprint density at radius 2 is 1.88 bits per heavy atom. The molecule has 0 aliphatic heterocycles. The van der Waals surface area contributed by atoms with E-state index in [4.69, 9.17) is 27.9 Å². The Kier molecular flexibility index (Phi) is 7.81. The molecule has 6 nitrogen and oxygen atoms in total. The lowest BCUT2D eigenvalue weighted by Crippen LogP contribution is -2.16. The Labute approximate surface area is 202 Å². The standard InChI is InChI=1S/C21H19Cl2F3N4O2S/c1-11-8-14(5-7-15(11)22)32-12(2)19-28-29-20(30(19)3)33-10-18(31)27-17-9-13(21(24,25)26)4-6-16(17)23/h4-9,12H,10H2,1-3H3,(H,27,31). The molecular weight excluding hydrogens is 500 g/mol. The zero-order valence-electron chi connectivity index (χ0n) is 17.7. The average Bonchev–Trinajstić information content (AvgIpc) is 3.10. The number of alkyl halides is 3. The Morgan fingerprint density at radius 3 is 2.55 bits per heavy atom. The van der Waals surface area contributed by atoms with Gasteiger partial charge in [0.05, 0.1) is 22.0 Å². The largest absolute Gasteiger partial charge is 0.483 e. The van der Waals surface area contributed by atoms with Gasteiger partial charge in [0.25, 0.3) is 0 Å². The monoisotopic (exact) mass is 518 g/mol. The van der Waals surface area contributed by atoms with Crippen molar-refractivity contribution in [2.45, 2.75) is 31.3 Å². The fraction of sp³-hybridized carbons (Fsp3) is 0.286. The molecular formula is C21H19Cl2F3N4O2S. The van der Waals surface area contributed by atoms with Gasteiger partial charge in [-0.2, -0.15) is 13.2 Å². The molecule has 1 heterocycles. The van der Waals surface area contributed by atoms with Crippen molar-refractivity contribution in [3.05, 3.63) is 63.4 Å². The molecule has 0 aliphatic rings. The average molecular weight is 519 g/mol. The third kappa shape index (κ3) is 6.33. The van der Waals surface area contributed by atoms with Gasteiger partial charge in [0, 0.05) is 12.1 Å². The zero-order chi connectivity index (χ0) is 24.3. The Balaban J connectivity index is 1.62. The van der Waals surface area contributed by atoms with Gasteiger partial charge in [-0.1, -0.05) is 35.0 Å². The first-order chi connectivity index (χ1) is 15.5. The van der Waals surface area contributed by atoms with Crippen molar-refractivity contribution < 1.29 is 22.7 Å². The molecule has 12 heteroatoms. The van der Waals surface area contributed by atoms with Crippen LogP contribution in [0.25, 0.3) is 0 Å². The number of hydrogen-bond acceptors (Lipinski definition) is 5. The number of nitrogens with one attached hydrogen (secondary N) is 1. The van der Waals surface area contributed by atoms with Crippen LogP contribution in [0.3, 0.4) is 0 Å². The van der Waals surface area contributed by atoms with Crippen LogP contribution in [0.1, 0.15) is 30.0 Å². The number of rotatable bonds is 7. The highest BCUT2D eigenvalue weighted by Gasteiger charge is 2.31. The van der Waals surface area contributed by atoms with Crippen LogP contribution in [0.2, 0.25) is 10.0 Å². The number of anilines is 1. The van der Waals surface area contributed by atoms with Crippen molar-refractivity contribution in [3.63, 3.8) is 0 Å². The summed E-state index contributed by atoms with van der Waals surface area (Å²) >= 11 is 13.0. The second-order valence-electron chi connectivity index (χ2n) is 7.10. The molecule has 3 rings (SSSR count). The highest BCUT2D eigenvalue weighted by atomic mass is 35.5. The molecule has 33 heavy (non-hydrogen) atoms. The van der Waals surface area contributed by atoms with E-state index in [1.807, 2.05) is 19.9 Å². The number of carbonyl (C=O) groups is 1. The summed E-state index contributed by atoms with van der Waals surface area (Å²) < 4.78 is 46.3. The van der Waals surface area contributed by atoms with E-state index in [-0.39, 0.29) is 16.5 Å². The van der Waals surface area contributed by atoms with Crippen LogP contribution in [0.5, 0.6) is 5.75 Å². The predicted molar refractivity (Wildman–Crippen MR) is 122 cm³/mol. The summed E-state index contributed by atoms with van der Waals surface area (Å²) in [5, 5.41) is 11.7. The minimum Gasteiger partial charge on any atom is -0.483 e. The molecule has 0 radical (unpaired) electrons. The van der Waals surface area contributed by atoms with Crippen molar-refractivity contribution in [1.29, 1.82) is 0 Å². The van der Waals surface area contributed by atoms with Gasteiger partial charge >= 0.3 is 6.18 Å². The second kappa shape index (κ2) is 10.2. The van der Waals surface area contributed by atoms with Crippen LogP contribution >= 0.6 is 35.0 Å². The summed E-state index contributed by atoms with van der Waals surface area (Å²) in [5.74, 6) is 0.515. The maximum atomic E-state index is 12.9. The smallest absolute Gasteiger partial charge is 0.416 e. The normalized spacial score (nSPS) is 12.5. The highest BCUT2D eigenvalue weighted by Crippen LogP contribution is 2.34. The van der Waals surface area contributed by atoms with Gasteiger partial charge < -0.3 is 14.6 Å². The molecule has 1 unspecified atom stereocenters. The summed E-state index contributed by atoms with van der Waals surface area (Å²) in [6.45, 7) is 3.68. The summed E-state index contributed by atoms with van der Waals surface area (Å²) in [4.78, 5) is 12.3. The molecule has 0 spiro atoms. The maximum Gasteiger partial charge on any atom is 0.416 e. The van der Waals surface area contributed by atoms with Gasteiger partial charge in [-0.15, -0.1) is 10.2 Å². The number of aromatic nitrogens is 3. The number of nitrogens with zero attached hydrogens (tertiary/aromatic N) is 3. The third-order valence-corrected chi connectivity index (χ3v) is 6.35. The Morgan fingerprint density at radius 1 is 1.18 bits per heavy atom. The van der Waals surface area contributed by atoms with E-state index in [1.54, 1.807) is 23.7 Å². The van der Waals surface area contributed by atoms with Crippen molar-refractivity contribution in [2.24, 2.45) is 7.05 Å². The fourth-order valence-electron chi connectivity index (χ4n) is 2.87. The predicted octanol–water partition coefficient (Wildman–Crippen LogP) is 6.32. The molecule has 0 fully saturated rings. The number of aryl methyl sites for hydroxylation is 1. The Hall–Kier alpha value is -2.43. The van der Waals surface area contributed by atoms with Crippen LogP contribution < -0.4 is 10.1 Å². The molecule has 0 saturated heterocycles. The van der Waals surface area contributed by atoms with Crippen molar-refractivity contribution in [3.8, 4) is 5.75 Å². The first kappa shape index (κ1) is 25.2. The van der Waals surface area contributed by atoms with Crippen LogP contribution in [0.4, 0.5) is 18.9 Å². The SMILES string of the molecule is Cc1cc(OC(C)c2nnc(SCC(=O)Nc3cc(C(F)(F)F)ccc3Cl)n2C)ccc1Cl. The minimum absolute atomic E-state index is 0.00528. The van der Waals surface area contributed by atoms with Crippen LogP contribution in [-0.2, 0) is 18.0 Å². The zero-order valence-corrected chi connectivity index (χ0v) is 20.0. The first-order valence-corrected chi connectivity index (χ1v) is 11.3. The van der Waals surface area contributed by atoms with Gasteiger partial charge in [-0.3, -0.25) is 4.79 Å². The van der Waals surface area contributed by atoms with Crippen molar-refractivity contribution in [2.75, 3.05) is 11.1 Å². The van der Waals surface area contributed by atoms with Gasteiger partial charge in [-0.25, -0.2) is 0 Å². The minimum atomic E-state index is -4.54.